The monoisotopic (exact) mass is 370 g/mol. The Morgan fingerprint density at radius 2 is 1.59 bits per heavy atom. The van der Waals surface area contributed by atoms with Crippen molar-refractivity contribution in [3.63, 3.8) is 0 Å². The van der Waals surface area contributed by atoms with Gasteiger partial charge in [0.25, 0.3) is 0 Å². The van der Waals surface area contributed by atoms with Gasteiger partial charge in [-0.2, -0.15) is 0 Å². The zero-order valence-corrected chi connectivity index (χ0v) is 17.4. The first kappa shape index (κ1) is 23.1. The molecule has 1 N–H and O–H groups in total. The molecule has 27 heavy (non-hydrogen) atoms. The van der Waals surface area contributed by atoms with Gasteiger partial charge in [-0.25, -0.2) is 4.98 Å². The topological polar surface area (TPSA) is 42.0 Å². The molecule has 0 aliphatic carbocycles. The number of aryl methyl sites for hydroxylation is 1. The van der Waals surface area contributed by atoms with Gasteiger partial charge in [0, 0.05) is 12.6 Å². The van der Waals surface area contributed by atoms with Crippen LogP contribution in [0.15, 0.2) is 42.6 Å². The fourth-order valence-electron chi connectivity index (χ4n) is 2.84. The third kappa shape index (κ3) is 13.9. The lowest BCUT2D eigenvalue weighted by molar-refractivity contribution is -0.116. The Morgan fingerprint density at radius 3 is 2.26 bits per heavy atom. The highest BCUT2D eigenvalue weighted by molar-refractivity contribution is 5.89. The highest BCUT2D eigenvalue weighted by Gasteiger charge is 2.02. The van der Waals surface area contributed by atoms with Crippen LogP contribution in [0.4, 0.5) is 5.82 Å². The van der Waals surface area contributed by atoms with Gasteiger partial charge in [-0.05, 0) is 57.1 Å². The first-order valence-corrected chi connectivity index (χ1v) is 10.7. The van der Waals surface area contributed by atoms with Crippen LogP contribution in [-0.4, -0.2) is 10.9 Å². The molecule has 0 aromatic carbocycles. The molecule has 150 valence electrons. The summed E-state index contributed by atoms with van der Waals surface area (Å²) < 4.78 is 0. The minimum absolute atomic E-state index is 0.0667. The minimum Gasteiger partial charge on any atom is -0.311 e. The van der Waals surface area contributed by atoms with Crippen molar-refractivity contribution < 1.29 is 4.79 Å². The summed E-state index contributed by atoms with van der Waals surface area (Å²) in [5.74, 6) is 0.713. The summed E-state index contributed by atoms with van der Waals surface area (Å²) in [4.78, 5) is 16.1. The van der Waals surface area contributed by atoms with Crippen LogP contribution >= 0.6 is 0 Å². The van der Waals surface area contributed by atoms with Crippen molar-refractivity contribution in [1.29, 1.82) is 0 Å². The van der Waals surface area contributed by atoms with E-state index in [2.05, 4.69) is 41.5 Å². The average molecular weight is 371 g/mol. The predicted octanol–water partition coefficient (Wildman–Crippen LogP) is 7.14. The van der Waals surface area contributed by atoms with Crippen LogP contribution in [0.1, 0.15) is 89.5 Å². The number of carbonyl (C=O) groups is 1. The fourth-order valence-corrected chi connectivity index (χ4v) is 2.84. The molecule has 1 heterocycles. The number of nitrogens with zero attached hydrogens (tertiary/aromatic N) is 1. The highest BCUT2D eigenvalue weighted by Crippen LogP contribution is 2.10. The van der Waals surface area contributed by atoms with Gasteiger partial charge in [-0.15, -0.1) is 0 Å². The Balaban J connectivity index is 1.90. The lowest BCUT2D eigenvalue weighted by Gasteiger charge is -2.04. The third-order valence-corrected chi connectivity index (χ3v) is 4.53. The van der Waals surface area contributed by atoms with Crippen molar-refractivity contribution in [2.75, 3.05) is 5.32 Å². The van der Waals surface area contributed by atoms with Gasteiger partial charge >= 0.3 is 0 Å². The van der Waals surface area contributed by atoms with Crippen LogP contribution in [-0.2, 0) is 4.79 Å². The zero-order chi connectivity index (χ0) is 19.6. The van der Waals surface area contributed by atoms with E-state index in [0.717, 1.165) is 24.8 Å². The molecule has 0 saturated heterocycles. The summed E-state index contributed by atoms with van der Waals surface area (Å²) in [5, 5.41) is 2.85. The number of nitrogens with one attached hydrogen (secondary N) is 1. The van der Waals surface area contributed by atoms with Crippen molar-refractivity contribution in [3.05, 3.63) is 48.2 Å². The number of hydrogen-bond donors (Lipinski definition) is 1. The second-order valence-corrected chi connectivity index (χ2v) is 7.25. The first-order chi connectivity index (χ1) is 13.2. The molecule has 3 nitrogen and oxygen atoms in total. The number of anilines is 1. The number of unbranched alkanes of at least 4 members (excludes halogenated alkanes) is 8. The molecule has 0 atom stereocenters. The molecular weight excluding hydrogens is 332 g/mol. The number of allylic oxidation sites excluding steroid dienone is 4. The number of amides is 1. The Morgan fingerprint density at radius 1 is 0.926 bits per heavy atom. The summed E-state index contributed by atoms with van der Waals surface area (Å²) in [5.41, 5.74) is 1.10. The molecule has 0 aliphatic rings. The van der Waals surface area contributed by atoms with Crippen molar-refractivity contribution in [1.82, 2.24) is 4.98 Å². The van der Waals surface area contributed by atoms with Crippen LogP contribution in [0.25, 0.3) is 0 Å². The van der Waals surface area contributed by atoms with Gasteiger partial charge < -0.3 is 5.32 Å². The Labute approximate surface area is 166 Å². The number of aromatic nitrogens is 1. The Hall–Kier alpha value is -1.90. The molecule has 0 fully saturated rings. The molecule has 1 rings (SSSR count). The van der Waals surface area contributed by atoms with E-state index in [9.17, 15) is 4.79 Å². The Bertz CT molecular complexity index is 546. The van der Waals surface area contributed by atoms with Gasteiger partial charge in [-0.1, -0.05) is 69.4 Å². The molecule has 0 bridgehead atoms. The maximum Gasteiger partial charge on any atom is 0.225 e. The number of pyridine rings is 1. The van der Waals surface area contributed by atoms with Gasteiger partial charge in [0.1, 0.15) is 5.82 Å². The van der Waals surface area contributed by atoms with Crippen molar-refractivity contribution in [3.8, 4) is 0 Å². The lowest BCUT2D eigenvalue weighted by Crippen LogP contribution is -2.12. The second-order valence-electron chi connectivity index (χ2n) is 7.25. The quantitative estimate of drug-likeness (QED) is 0.263. The first-order valence-electron chi connectivity index (χ1n) is 10.7. The van der Waals surface area contributed by atoms with Crippen LogP contribution in [0.5, 0.6) is 0 Å². The van der Waals surface area contributed by atoms with E-state index in [-0.39, 0.29) is 5.91 Å². The smallest absolute Gasteiger partial charge is 0.225 e. The van der Waals surface area contributed by atoms with Crippen LogP contribution < -0.4 is 5.32 Å². The van der Waals surface area contributed by atoms with Crippen LogP contribution in [0.3, 0.4) is 0 Å². The molecule has 3 heteroatoms. The molecule has 0 unspecified atom stereocenters. The molecule has 0 saturated carbocycles. The number of hydrogen-bond acceptors (Lipinski definition) is 2. The normalized spacial score (nSPS) is 11.5. The predicted molar refractivity (Wildman–Crippen MR) is 117 cm³/mol. The highest BCUT2D eigenvalue weighted by atomic mass is 16.1. The van der Waals surface area contributed by atoms with E-state index >= 15 is 0 Å². The van der Waals surface area contributed by atoms with Crippen LogP contribution in [0.2, 0.25) is 0 Å². The van der Waals surface area contributed by atoms with Gasteiger partial charge in [-0.3, -0.25) is 4.79 Å². The van der Waals surface area contributed by atoms with E-state index in [0.29, 0.717) is 12.2 Å². The zero-order valence-electron chi connectivity index (χ0n) is 17.4. The van der Waals surface area contributed by atoms with Gasteiger partial charge in [0.15, 0.2) is 0 Å². The maximum absolute atomic E-state index is 11.9. The van der Waals surface area contributed by atoms with E-state index in [4.69, 9.17) is 0 Å². The summed E-state index contributed by atoms with van der Waals surface area (Å²) >= 11 is 0. The summed E-state index contributed by atoms with van der Waals surface area (Å²) in [6.45, 7) is 4.23. The lowest BCUT2D eigenvalue weighted by atomic mass is 10.1. The minimum atomic E-state index is 0.0667. The van der Waals surface area contributed by atoms with Crippen molar-refractivity contribution in [2.24, 2.45) is 0 Å². The molecule has 0 radical (unpaired) electrons. The third-order valence-electron chi connectivity index (χ3n) is 4.53. The Kier molecular flexibility index (Phi) is 14.0. The molecular formula is C24H38N2O. The van der Waals surface area contributed by atoms with E-state index in [1.54, 1.807) is 6.20 Å². The molecule has 0 spiro atoms. The average Bonchev–Trinajstić information content (AvgIpc) is 2.66. The standard InChI is InChI=1S/C24H38N2O/c1-3-4-5-6-7-8-9-10-11-12-13-14-15-16-17-18-24(27)26-23-20-19-22(2)21-25-23/h7-8,10-11,19-21H,3-6,9,12-18H2,1-2H3,(H,25,26,27)/b8-7-,11-10-. The van der Waals surface area contributed by atoms with Crippen LogP contribution in [0, 0.1) is 6.92 Å². The summed E-state index contributed by atoms with van der Waals surface area (Å²) in [6.07, 6.45) is 24.7. The second kappa shape index (κ2) is 16.3. The van der Waals surface area contributed by atoms with E-state index in [1.165, 1.54) is 51.4 Å². The largest absolute Gasteiger partial charge is 0.311 e. The summed E-state index contributed by atoms with van der Waals surface area (Å²) in [6, 6.07) is 3.81. The SMILES string of the molecule is CCCCC/C=C\C/C=C\CCCCCCCC(=O)Nc1ccc(C)cn1. The van der Waals surface area contributed by atoms with Crippen molar-refractivity contribution in [2.45, 2.75) is 90.9 Å². The number of rotatable bonds is 15. The van der Waals surface area contributed by atoms with E-state index < -0.39 is 0 Å². The van der Waals surface area contributed by atoms with Crippen molar-refractivity contribution >= 4 is 11.7 Å². The van der Waals surface area contributed by atoms with Gasteiger partial charge in [0.2, 0.25) is 5.91 Å². The summed E-state index contributed by atoms with van der Waals surface area (Å²) in [7, 11) is 0. The maximum atomic E-state index is 11.9. The molecule has 1 amide bonds. The molecule has 0 aliphatic heterocycles. The van der Waals surface area contributed by atoms with Gasteiger partial charge in [0.05, 0.1) is 0 Å². The number of carbonyl (C=O) groups excluding carboxylic acids is 1. The molecule has 1 aromatic heterocycles. The fraction of sp³-hybridized carbons (Fsp3) is 0.583. The molecule has 1 aromatic rings. The van der Waals surface area contributed by atoms with E-state index in [1.807, 2.05) is 19.1 Å².